The molecule has 4 rings (SSSR count). The molecule has 1 atom stereocenters. The highest BCUT2D eigenvalue weighted by molar-refractivity contribution is 7.18. The summed E-state index contributed by atoms with van der Waals surface area (Å²) in [7, 11) is 1.65. The number of hydrogen-bond donors (Lipinski definition) is 2. The molecule has 0 fully saturated rings. The summed E-state index contributed by atoms with van der Waals surface area (Å²) < 4.78 is 5.43. The van der Waals surface area contributed by atoms with Crippen LogP contribution >= 0.6 is 23.7 Å². The van der Waals surface area contributed by atoms with Gasteiger partial charge < -0.3 is 15.8 Å². The molecule has 4 aromatic rings. The minimum Gasteiger partial charge on any atom is -0.494 e. The lowest BCUT2D eigenvalue weighted by atomic mass is 10.1. The first-order valence-corrected chi connectivity index (χ1v) is 9.84. The maximum absolute atomic E-state index is 5.95. The van der Waals surface area contributed by atoms with Crippen molar-refractivity contribution in [2.75, 3.05) is 19.0 Å². The van der Waals surface area contributed by atoms with Gasteiger partial charge in [0.25, 0.3) is 0 Å². The number of fused-ring (bicyclic) bond motifs is 1. The highest BCUT2D eigenvalue weighted by Crippen LogP contribution is 2.32. The lowest BCUT2D eigenvalue weighted by molar-refractivity contribution is 0.418. The number of aromatic nitrogens is 3. The molecule has 0 aliphatic carbocycles. The molecule has 0 aliphatic heterocycles. The van der Waals surface area contributed by atoms with Crippen molar-refractivity contribution < 1.29 is 4.74 Å². The van der Waals surface area contributed by atoms with Gasteiger partial charge in [-0.05, 0) is 18.1 Å². The first-order chi connectivity index (χ1) is 13.8. The topological polar surface area (TPSA) is 86.0 Å². The summed E-state index contributed by atoms with van der Waals surface area (Å²) in [6.07, 6.45) is 4.38. The minimum atomic E-state index is 0. The van der Waals surface area contributed by atoms with Crippen molar-refractivity contribution in [3.8, 4) is 16.3 Å². The third kappa shape index (κ3) is 4.82. The second-order valence-corrected chi connectivity index (χ2v) is 7.43. The molecular weight excluding hydrogens is 406 g/mol. The molecule has 0 amide bonds. The number of nitrogens with zero attached hydrogens (tertiary/aromatic N) is 3. The van der Waals surface area contributed by atoms with Gasteiger partial charge in [0.1, 0.15) is 10.8 Å². The molecule has 8 heteroatoms. The zero-order chi connectivity index (χ0) is 19.3. The van der Waals surface area contributed by atoms with E-state index in [9.17, 15) is 0 Å². The molecule has 0 saturated heterocycles. The molecule has 2 heterocycles. The van der Waals surface area contributed by atoms with E-state index in [-0.39, 0.29) is 18.4 Å². The van der Waals surface area contributed by atoms with Crippen LogP contribution in [0.25, 0.3) is 21.3 Å². The van der Waals surface area contributed by atoms with E-state index >= 15 is 0 Å². The van der Waals surface area contributed by atoms with E-state index in [1.54, 1.807) is 13.3 Å². The average molecular weight is 428 g/mol. The van der Waals surface area contributed by atoms with Crippen LogP contribution in [-0.2, 0) is 6.42 Å². The van der Waals surface area contributed by atoms with Gasteiger partial charge in [0, 0.05) is 35.1 Å². The first-order valence-electron chi connectivity index (χ1n) is 9.03. The van der Waals surface area contributed by atoms with Crippen LogP contribution in [0, 0.1) is 0 Å². The van der Waals surface area contributed by atoms with Crippen molar-refractivity contribution in [3.05, 3.63) is 66.5 Å². The van der Waals surface area contributed by atoms with Crippen molar-refractivity contribution in [3.63, 3.8) is 0 Å². The summed E-state index contributed by atoms with van der Waals surface area (Å²) in [5.74, 6) is 0.744. The predicted octanol–water partition coefficient (Wildman–Crippen LogP) is 4.17. The van der Waals surface area contributed by atoms with Gasteiger partial charge >= 0.3 is 0 Å². The maximum Gasteiger partial charge on any atom is 0.206 e. The molecule has 0 aliphatic rings. The van der Waals surface area contributed by atoms with E-state index in [1.807, 2.05) is 36.5 Å². The molecule has 29 heavy (non-hydrogen) atoms. The first kappa shape index (κ1) is 21.0. The number of hydrogen-bond acceptors (Lipinski definition) is 7. The smallest absolute Gasteiger partial charge is 0.206 e. The number of anilines is 1. The Kier molecular flexibility index (Phi) is 6.98. The van der Waals surface area contributed by atoms with Crippen molar-refractivity contribution in [1.29, 1.82) is 0 Å². The van der Waals surface area contributed by atoms with Crippen molar-refractivity contribution in [2.45, 2.75) is 12.5 Å². The normalized spacial score (nSPS) is 11.7. The molecule has 0 spiro atoms. The second-order valence-electron chi connectivity index (χ2n) is 6.46. The van der Waals surface area contributed by atoms with E-state index in [4.69, 9.17) is 10.5 Å². The van der Waals surface area contributed by atoms with Gasteiger partial charge in [0.05, 0.1) is 13.3 Å². The summed E-state index contributed by atoms with van der Waals surface area (Å²) >= 11 is 1.52. The summed E-state index contributed by atoms with van der Waals surface area (Å²) in [5.41, 5.74) is 8.19. The molecule has 3 N–H and O–H groups in total. The zero-order valence-electron chi connectivity index (χ0n) is 15.9. The zero-order valence-corrected chi connectivity index (χ0v) is 17.5. The Morgan fingerprint density at radius 3 is 2.69 bits per heavy atom. The van der Waals surface area contributed by atoms with Crippen LogP contribution in [0.3, 0.4) is 0 Å². The lowest BCUT2D eigenvalue weighted by Gasteiger charge is -2.15. The number of ether oxygens (including phenoxy) is 1. The molecule has 6 nitrogen and oxygen atoms in total. The van der Waals surface area contributed by atoms with Crippen LogP contribution in [0.15, 0.2) is 60.9 Å². The number of rotatable bonds is 7. The van der Waals surface area contributed by atoms with Gasteiger partial charge in [0.2, 0.25) is 5.13 Å². The summed E-state index contributed by atoms with van der Waals surface area (Å²) in [4.78, 5) is 4.19. The number of methoxy groups -OCH3 is 1. The van der Waals surface area contributed by atoms with Gasteiger partial charge in [-0.2, -0.15) is 0 Å². The minimum absolute atomic E-state index is 0. The van der Waals surface area contributed by atoms with Crippen LogP contribution in [0.1, 0.15) is 5.56 Å². The SMILES string of the molecule is COc1cncc2ccc(-c3nnc(N[C@@H](CN)Cc4ccccc4)s3)cc12.Cl. The summed E-state index contributed by atoms with van der Waals surface area (Å²) in [6, 6.07) is 16.5. The van der Waals surface area contributed by atoms with Gasteiger partial charge in [-0.15, -0.1) is 22.6 Å². The molecule has 0 radical (unpaired) electrons. The van der Waals surface area contributed by atoms with E-state index in [0.717, 1.165) is 38.6 Å². The number of nitrogens with one attached hydrogen (secondary N) is 1. The van der Waals surface area contributed by atoms with E-state index in [1.165, 1.54) is 16.9 Å². The average Bonchev–Trinajstić information content (AvgIpc) is 3.21. The van der Waals surface area contributed by atoms with Gasteiger partial charge in [-0.1, -0.05) is 53.8 Å². The van der Waals surface area contributed by atoms with E-state index < -0.39 is 0 Å². The van der Waals surface area contributed by atoms with E-state index in [2.05, 4.69) is 38.7 Å². The quantitative estimate of drug-likeness (QED) is 0.460. The van der Waals surface area contributed by atoms with Gasteiger partial charge in [0.15, 0.2) is 0 Å². The van der Waals surface area contributed by atoms with Crippen LogP contribution in [-0.4, -0.2) is 34.9 Å². The number of pyridine rings is 1. The Morgan fingerprint density at radius 2 is 1.93 bits per heavy atom. The second kappa shape index (κ2) is 9.65. The maximum atomic E-state index is 5.95. The fraction of sp³-hybridized carbons (Fsp3) is 0.190. The Hall–Kier alpha value is -2.74. The Balaban J connectivity index is 0.00000240. The molecule has 2 aromatic heterocycles. The van der Waals surface area contributed by atoms with E-state index in [0.29, 0.717) is 6.54 Å². The van der Waals surface area contributed by atoms with Crippen LogP contribution < -0.4 is 15.8 Å². The molecule has 2 aromatic carbocycles. The fourth-order valence-corrected chi connectivity index (χ4v) is 3.91. The number of benzene rings is 2. The Labute approximate surface area is 179 Å². The largest absolute Gasteiger partial charge is 0.494 e. The van der Waals surface area contributed by atoms with Gasteiger partial charge in [-0.3, -0.25) is 4.98 Å². The highest BCUT2D eigenvalue weighted by atomic mass is 35.5. The summed E-state index contributed by atoms with van der Waals surface area (Å²) in [5, 5.41) is 15.7. The Bertz CT molecular complexity index is 1070. The van der Waals surface area contributed by atoms with Crippen molar-refractivity contribution in [2.24, 2.45) is 5.73 Å². The fourth-order valence-electron chi connectivity index (χ4n) is 3.10. The molecular formula is C21H22ClN5OS. The monoisotopic (exact) mass is 427 g/mol. The van der Waals surface area contributed by atoms with Gasteiger partial charge in [-0.25, -0.2) is 0 Å². The number of halogens is 1. The third-order valence-corrected chi connectivity index (χ3v) is 5.46. The highest BCUT2D eigenvalue weighted by Gasteiger charge is 2.13. The molecule has 0 unspecified atom stereocenters. The number of nitrogens with two attached hydrogens (primary N) is 1. The molecule has 0 bridgehead atoms. The van der Waals surface area contributed by atoms with Crippen molar-refractivity contribution >= 4 is 39.6 Å². The lowest BCUT2D eigenvalue weighted by Crippen LogP contribution is -2.30. The Morgan fingerprint density at radius 1 is 1.10 bits per heavy atom. The van der Waals surface area contributed by atoms with Crippen LogP contribution in [0.2, 0.25) is 0 Å². The molecule has 150 valence electrons. The predicted molar refractivity (Wildman–Crippen MR) is 121 cm³/mol. The van der Waals surface area contributed by atoms with Crippen LogP contribution in [0.5, 0.6) is 5.75 Å². The van der Waals surface area contributed by atoms with Crippen molar-refractivity contribution in [1.82, 2.24) is 15.2 Å². The van der Waals surface area contributed by atoms with Crippen LogP contribution in [0.4, 0.5) is 5.13 Å². The third-order valence-electron chi connectivity index (χ3n) is 4.55. The summed E-state index contributed by atoms with van der Waals surface area (Å²) in [6.45, 7) is 0.518. The standard InChI is InChI=1S/C21H21N5OS.ClH/c1-27-19-13-23-12-16-8-7-15(10-18(16)19)20-25-26-21(28-20)24-17(11-22)9-14-5-3-2-4-6-14;/h2-8,10,12-13,17H,9,11,22H2,1H3,(H,24,26);1H/t17-;/m1./s1. The molecule has 0 saturated carbocycles.